The van der Waals surface area contributed by atoms with E-state index < -0.39 is 5.97 Å². The predicted molar refractivity (Wildman–Crippen MR) is 83.7 cm³/mol. The van der Waals surface area contributed by atoms with Gasteiger partial charge < -0.3 is 16.2 Å². The van der Waals surface area contributed by atoms with Gasteiger partial charge in [0.25, 0.3) is 0 Å². The first-order valence-corrected chi connectivity index (χ1v) is 7.28. The molecule has 6 heteroatoms. The third-order valence-corrected chi connectivity index (χ3v) is 3.54. The number of carboxylic acids is 1. The maximum atomic E-state index is 12.0. The van der Waals surface area contributed by atoms with Crippen LogP contribution in [0.1, 0.15) is 43.5 Å². The van der Waals surface area contributed by atoms with Gasteiger partial charge in [0.1, 0.15) is 0 Å². The molecule has 116 valence electrons. The zero-order chi connectivity index (χ0) is 16.0. The molecule has 0 aliphatic rings. The fourth-order valence-corrected chi connectivity index (χ4v) is 2.11. The summed E-state index contributed by atoms with van der Waals surface area (Å²) >= 11 is 5.78. The fourth-order valence-electron chi connectivity index (χ4n) is 1.91. The first-order valence-electron chi connectivity index (χ1n) is 6.90. The summed E-state index contributed by atoms with van der Waals surface area (Å²) in [6.45, 7) is 3.77. The number of nitrogens with two attached hydrogens (primary N) is 1. The van der Waals surface area contributed by atoms with Crippen molar-refractivity contribution in [2.75, 3.05) is 5.32 Å². The average molecular weight is 313 g/mol. The number of carbonyl (C=O) groups is 2. The van der Waals surface area contributed by atoms with Crippen molar-refractivity contribution in [3.8, 4) is 0 Å². The molecule has 0 radical (unpaired) electrons. The number of carbonyl (C=O) groups excluding carboxylic acids is 1. The van der Waals surface area contributed by atoms with Gasteiger partial charge in [-0.3, -0.25) is 4.79 Å². The molecule has 0 aliphatic heterocycles. The van der Waals surface area contributed by atoms with Crippen molar-refractivity contribution in [3.63, 3.8) is 0 Å². The molecule has 1 amide bonds. The summed E-state index contributed by atoms with van der Waals surface area (Å²) in [5, 5.41) is 11.8. The highest BCUT2D eigenvalue weighted by Gasteiger charge is 2.15. The number of hydrogen-bond donors (Lipinski definition) is 3. The summed E-state index contributed by atoms with van der Waals surface area (Å²) < 4.78 is 0. The molecule has 0 aliphatic carbocycles. The number of aromatic carboxylic acids is 1. The smallest absolute Gasteiger partial charge is 0.337 e. The van der Waals surface area contributed by atoms with Gasteiger partial charge >= 0.3 is 5.97 Å². The van der Waals surface area contributed by atoms with E-state index in [0.29, 0.717) is 5.69 Å². The molecule has 2 atom stereocenters. The Morgan fingerprint density at radius 1 is 1.33 bits per heavy atom. The molecule has 0 fully saturated rings. The van der Waals surface area contributed by atoms with Crippen molar-refractivity contribution in [3.05, 3.63) is 28.8 Å². The van der Waals surface area contributed by atoms with Crippen molar-refractivity contribution in [1.82, 2.24) is 0 Å². The molecular formula is C15H21ClN2O3. The van der Waals surface area contributed by atoms with Crippen LogP contribution in [-0.2, 0) is 4.79 Å². The van der Waals surface area contributed by atoms with Gasteiger partial charge in [0.2, 0.25) is 5.91 Å². The van der Waals surface area contributed by atoms with Crippen molar-refractivity contribution in [2.24, 2.45) is 11.7 Å². The molecule has 1 aromatic carbocycles. The second-order valence-electron chi connectivity index (χ2n) is 5.30. The number of carboxylic acid groups (broad SMARTS) is 1. The van der Waals surface area contributed by atoms with Crippen LogP contribution in [0.3, 0.4) is 0 Å². The Hall–Kier alpha value is -1.59. The lowest BCUT2D eigenvalue weighted by molar-refractivity contribution is -0.119. The summed E-state index contributed by atoms with van der Waals surface area (Å²) in [6, 6.07) is 4.54. The second kappa shape index (κ2) is 8.00. The van der Waals surface area contributed by atoms with Crippen molar-refractivity contribution in [1.29, 1.82) is 0 Å². The largest absolute Gasteiger partial charge is 0.478 e. The number of nitrogens with one attached hydrogen (secondary N) is 1. The van der Waals surface area contributed by atoms with Gasteiger partial charge in [0.05, 0.1) is 10.6 Å². The number of benzene rings is 1. The first kappa shape index (κ1) is 17.5. The molecule has 2 unspecified atom stereocenters. The molecule has 0 saturated carbocycles. The van der Waals surface area contributed by atoms with E-state index in [1.165, 1.54) is 12.1 Å². The molecular weight excluding hydrogens is 292 g/mol. The molecule has 0 bridgehead atoms. The van der Waals surface area contributed by atoms with Gasteiger partial charge in [-0.2, -0.15) is 0 Å². The molecule has 0 heterocycles. The van der Waals surface area contributed by atoms with E-state index in [9.17, 15) is 9.59 Å². The maximum Gasteiger partial charge on any atom is 0.337 e. The highest BCUT2D eigenvalue weighted by Crippen LogP contribution is 2.21. The minimum atomic E-state index is -1.12. The number of rotatable bonds is 7. The predicted octanol–water partition coefficient (Wildman–Crippen LogP) is 3.13. The molecule has 5 nitrogen and oxygen atoms in total. The lowest BCUT2D eigenvalue weighted by atomic mass is 10.0. The normalized spacial score (nSPS) is 13.5. The fraction of sp³-hybridized carbons (Fsp3) is 0.467. The van der Waals surface area contributed by atoms with Gasteiger partial charge in [-0.05, 0) is 38.0 Å². The molecule has 1 aromatic rings. The number of anilines is 1. The molecule has 0 saturated heterocycles. The van der Waals surface area contributed by atoms with Gasteiger partial charge in [0.15, 0.2) is 0 Å². The third kappa shape index (κ3) is 5.73. The minimum absolute atomic E-state index is 0.0286. The molecule has 0 aromatic heterocycles. The third-order valence-electron chi connectivity index (χ3n) is 3.21. The van der Waals surface area contributed by atoms with E-state index in [-0.39, 0.29) is 28.5 Å². The van der Waals surface area contributed by atoms with Crippen LogP contribution < -0.4 is 11.1 Å². The van der Waals surface area contributed by atoms with Crippen LogP contribution >= 0.6 is 11.6 Å². The van der Waals surface area contributed by atoms with E-state index >= 15 is 0 Å². The number of amides is 1. The SMILES string of the molecule is CC(N)CCCC(C)C(=O)Nc1ccc(Cl)c(C(=O)O)c1. The zero-order valence-corrected chi connectivity index (χ0v) is 13.0. The van der Waals surface area contributed by atoms with Crippen molar-refractivity contribution in [2.45, 2.75) is 39.2 Å². The van der Waals surface area contributed by atoms with Crippen LogP contribution in [0.5, 0.6) is 0 Å². The maximum absolute atomic E-state index is 12.0. The van der Waals surface area contributed by atoms with E-state index in [2.05, 4.69) is 5.32 Å². The average Bonchev–Trinajstić information content (AvgIpc) is 2.40. The van der Waals surface area contributed by atoms with E-state index in [0.717, 1.165) is 19.3 Å². The van der Waals surface area contributed by atoms with E-state index in [4.69, 9.17) is 22.4 Å². The summed E-state index contributed by atoms with van der Waals surface area (Å²) in [4.78, 5) is 23.0. The highest BCUT2D eigenvalue weighted by molar-refractivity contribution is 6.33. The number of halogens is 1. The van der Waals surface area contributed by atoms with Crippen LogP contribution in [0.15, 0.2) is 18.2 Å². The van der Waals surface area contributed by atoms with E-state index in [1.807, 2.05) is 13.8 Å². The zero-order valence-electron chi connectivity index (χ0n) is 12.2. The number of hydrogen-bond acceptors (Lipinski definition) is 3. The van der Waals surface area contributed by atoms with Gasteiger partial charge in [-0.1, -0.05) is 24.9 Å². The van der Waals surface area contributed by atoms with Crippen LogP contribution in [0, 0.1) is 5.92 Å². The van der Waals surface area contributed by atoms with Crippen LogP contribution in [-0.4, -0.2) is 23.0 Å². The Morgan fingerprint density at radius 3 is 2.57 bits per heavy atom. The Balaban J connectivity index is 2.62. The summed E-state index contributed by atoms with van der Waals surface area (Å²) in [5.74, 6) is -1.42. The summed E-state index contributed by atoms with van der Waals surface area (Å²) in [6.07, 6.45) is 2.50. The quantitative estimate of drug-likeness (QED) is 0.721. The summed E-state index contributed by atoms with van der Waals surface area (Å²) in [7, 11) is 0. The molecule has 4 N–H and O–H groups in total. The van der Waals surface area contributed by atoms with Crippen LogP contribution in [0.2, 0.25) is 5.02 Å². The van der Waals surface area contributed by atoms with Gasteiger partial charge in [0, 0.05) is 17.6 Å². The lowest BCUT2D eigenvalue weighted by Crippen LogP contribution is -2.21. The minimum Gasteiger partial charge on any atom is -0.478 e. The van der Waals surface area contributed by atoms with Crippen molar-refractivity contribution < 1.29 is 14.7 Å². The second-order valence-corrected chi connectivity index (χ2v) is 5.71. The topological polar surface area (TPSA) is 92.4 Å². The molecule has 21 heavy (non-hydrogen) atoms. The standard InChI is InChI=1S/C15H21ClN2O3/c1-9(4-3-5-10(2)17)14(19)18-11-6-7-13(16)12(8-11)15(20)21/h6-10H,3-5,17H2,1-2H3,(H,18,19)(H,20,21). The Morgan fingerprint density at radius 2 is 2.00 bits per heavy atom. The van der Waals surface area contributed by atoms with Gasteiger partial charge in [-0.25, -0.2) is 4.79 Å². The molecule has 1 rings (SSSR count). The Labute approximate surface area is 129 Å². The Bertz CT molecular complexity index is 518. The van der Waals surface area contributed by atoms with Crippen molar-refractivity contribution >= 4 is 29.2 Å². The van der Waals surface area contributed by atoms with Gasteiger partial charge in [-0.15, -0.1) is 0 Å². The Kier molecular flexibility index (Phi) is 6.65. The summed E-state index contributed by atoms with van der Waals surface area (Å²) in [5.41, 5.74) is 6.07. The van der Waals surface area contributed by atoms with Crippen LogP contribution in [0.25, 0.3) is 0 Å². The lowest BCUT2D eigenvalue weighted by Gasteiger charge is -2.13. The van der Waals surface area contributed by atoms with Crippen LogP contribution in [0.4, 0.5) is 5.69 Å². The first-order chi connectivity index (χ1) is 9.81. The molecule has 0 spiro atoms. The highest BCUT2D eigenvalue weighted by atomic mass is 35.5. The monoisotopic (exact) mass is 312 g/mol. The van der Waals surface area contributed by atoms with E-state index in [1.54, 1.807) is 6.07 Å².